The van der Waals surface area contributed by atoms with Crippen molar-refractivity contribution in [3.63, 3.8) is 0 Å². The van der Waals surface area contributed by atoms with Gasteiger partial charge in [-0.2, -0.15) is 0 Å². The summed E-state index contributed by atoms with van der Waals surface area (Å²) in [6, 6.07) is 10.7. The average molecular weight is 360 g/mol. The zero-order valence-corrected chi connectivity index (χ0v) is 16.3. The Balaban J connectivity index is 1.63. The van der Waals surface area contributed by atoms with Crippen LogP contribution in [0.2, 0.25) is 0 Å². The molecule has 2 nitrogen and oxygen atoms in total. The van der Waals surface area contributed by atoms with Crippen molar-refractivity contribution < 1.29 is 9.59 Å². The fourth-order valence-electron chi connectivity index (χ4n) is 7.05. The number of rotatable bonds is 1. The second-order valence-electron chi connectivity index (χ2n) is 9.61. The molecule has 27 heavy (non-hydrogen) atoms. The Labute approximate surface area is 161 Å². The van der Waals surface area contributed by atoms with Crippen LogP contribution in [0.25, 0.3) is 0 Å². The van der Waals surface area contributed by atoms with E-state index in [1.165, 1.54) is 11.1 Å². The molecule has 0 radical (unpaired) electrons. The molecular formula is C25H28O2. The van der Waals surface area contributed by atoms with Gasteiger partial charge in [-0.25, -0.2) is 0 Å². The van der Waals surface area contributed by atoms with E-state index in [-0.39, 0.29) is 22.5 Å². The summed E-state index contributed by atoms with van der Waals surface area (Å²) in [5.74, 6) is 2.49. The van der Waals surface area contributed by atoms with Crippen molar-refractivity contribution >= 4 is 11.6 Å². The van der Waals surface area contributed by atoms with Crippen molar-refractivity contribution in [2.75, 3.05) is 0 Å². The number of ketones is 2. The van der Waals surface area contributed by atoms with Gasteiger partial charge in [0.25, 0.3) is 0 Å². The van der Waals surface area contributed by atoms with Crippen molar-refractivity contribution in [1.29, 1.82) is 0 Å². The highest BCUT2D eigenvalue weighted by molar-refractivity contribution is 6.01. The van der Waals surface area contributed by atoms with E-state index in [2.05, 4.69) is 50.3 Å². The van der Waals surface area contributed by atoms with E-state index in [4.69, 9.17) is 0 Å². The molecule has 0 unspecified atom stereocenters. The summed E-state index contributed by atoms with van der Waals surface area (Å²) in [6.07, 6.45) is 10.9. The number of hydrogen-bond acceptors (Lipinski definition) is 2. The van der Waals surface area contributed by atoms with E-state index in [0.29, 0.717) is 23.5 Å². The molecule has 6 atom stereocenters. The minimum Gasteiger partial charge on any atom is -0.299 e. The van der Waals surface area contributed by atoms with Crippen LogP contribution in [0.15, 0.2) is 54.1 Å². The van der Waals surface area contributed by atoms with Crippen LogP contribution in [0, 0.1) is 28.6 Å². The minimum atomic E-state index is -0.117. The summed E-state index contributed by atoms with van der Waals surface area (Å²) in [6.45, 7) is 4.57. The average Bonchev–Trinajstić information content (AvgIpc) is 2.98. The number of benzene rings is 1. The first kappa shape index (κ1) is 17.2. The number of allylic oxidation sites excluding steroid dienone is 4. The van der Waals surface area contributed by atoms with Crippen molar-refractivity contribution in [3.05, 3.63) is 59.7 Å². The lowest BCUT2D eigenvalue weighted by atomic mass is 9.46. The Kier molecular flexibility index (Phi) is 3.67. The quantitative estimate of drug-likeness (QED) is 0.685. The Morgan fingerprint density at radius 3 is 2.56 bits per heavy atom. The fraction of sp³-hybridized carbons (Fsp3) is 0.520. The third kappa shape index (κ3) is 2.31. The van der Waals surface area contributed by atoms with Gasteiger partial charge in [0.1, 0.15) is 5.78 Å². The van der Waals surface area contributed by atoms with Crippen LogP contribution in [0.3, 0.4) is 0 Å². The summed E-state index contributed by atoms with van der Waals surface area (Å²) >= 11 is 0. The van der Waals surface area contributed by atoms with Gasteiger partial charge in [-0.1, -0.05) is 50.3 Å². The first-order chi connectivity index (χ1) is 12.9. The van der Waals surface area contributed by atoms with Crippen LogP contribution in [0.4, 0.5) is 0 Å². The third-order valence-corrected chi connectivity index (χ3v) is 8.52. The van der Waals surface area contributed by atoms with Crippen LogP contribution in [0.1, 0.15) is 57.4 Å². The maximum Gasteiger partial charge on any atom is 0.178 e. The highest BCUT2D eigenvalue weighted by Gasteiger charge is 2.60. The highest BCUT2D eigenvalue weighted by atomic mass is 16.1. The van der Waals surface area contributed by atoms with E-state index < -0.39 is 0 Å². The van der Waals surface area contributed by atoms with Gasteiger partial charge in [-0.05, 0) is 66.7 Å². The van der Waals surface area contributed by atoms with Gasteiger partial charge in [0.05, 0.1) is 0 Å². The largest absolute Gasteiger partial charge is 0.299 e. The lowest BCUT2D eigenvalue weighted by Crippen LogP contribution is -2.51. The molecule has 0 saturated heterocycles. The monoisotopic (exact) mass is 360 g/mol. The zero-order chi connectivity index (χ0) is 18.8. The molecule has 0 aliphatic heterocycles. The van der Waals surface area contributed by atoms with E-state index in [0.717, 1.165) is 32.1 Å². The molecule has 0 N–H and O–H groups in total. The number of Topliss-reactive ketones (excluding diaryl/α,β-unsaturated/α-hetero) is 1. The molecule has 3 fully saturated rings. The van der Waals surface area contributed by atoms with E-state index in [1.54, 1.807) is 6.08 Å². The molecule has 0 heterocycles. The molecule has 2 heteroatoms. The molecule has 0 amide bonds. The third-order valence-electron chi connectivity index (χ3n) is 8.52. The van der Waals surface area contributed by atoms with E-state index in [1.807, 2.05) is 6.08 Å². The number of hydrogen-bond donors (Lipinski definition) is 0. The summed E-state index contributed by atoms with van der Waals surface area (Å²) in [5.41, 5.74) is 2.43. The second kappa shape index (κ2) is 5.77. The van der Waals surface area contributed by atoms with Crippen LogP contribution in [0.5, 0.6) is 0 Å². The van der Waals surface area contributed by atoms with Gasteiger partial charge in [0, 0.05) is 23.2 Å². The smallest absolute Gasteiger partial charge is 0.178 e. The summed E-state index contributed by atoms with van der Waals surface area (Å²) < 4.78 is 0. The molecule has 4 aliphatic rings. The number of fused-ring (bicyclic) bond motifs is 5. The number of carbonyl (C=O) groups excluding carboxylic acids is 2. The van der Waals surface area contributed by atoms with Crippen molar-refractivity contribution in [3.8, 4) is 0 Å². The predicted octanol–water partition coefficient (Wildman–Crippen LogP) is 5.26. The first-order valence-corrected chi connectivity index (χ1v) is 10.5. The Hall–Kier alpha value is -1.96. The molecule has 3 saturated carbocycles. The lowest BCUT2D eigenvalue weighted by molar-refractivity contribution is -0.131. The van der Waals surface area contributed by atoms with Crippen molar-refractivity contribution in [2.24, 2.45) is 28.6 Å². The molecule has 140 valence electrons. The van der Waals surface area contributed by atoms with Gasteiger partial charge in [-0.15, -0.1) is 0 Å². The molecule has 1 aromatic carbocycles. The lowest BCUT2D eigenvalue weighted by Gasteiger charge is -2.57. The molecule has 4 aliphatic carbocycles. The first-order valence-electron chi connectivity index (χ1n) is 10.5. The maximum atomic E-state index is 12.7. The van der Waals surface area contributed by atoms with Gasteiger partial charge >= 0.3 is 0 Å². The summed E-state index contributed by atoms with van der Waals surface area (Å²) in [7, 11) is 0. The van der Waals surface area contributed by atoms with Gasteiger partial charge in [0.2, 0.25) is 0 Å². The summed E-state index contributed by atoms with van der Waals surface area (Å²) in [5, 5.41) is 0. The van der Waals surface area contributed by atoms with Gasteiger partial charge in [0.15, 0.2) is 5.78 Å². The van der Waals surface area contributed by atoms with Gasteiger partial charge < -0.3 is 0 Å². The van der Waals surface area contributed by atoms with E-state index >= 15 is 0 Å². The molecule has 0 spiro atoms. The second-order valence-corrected chi connectivity index (χ2v) is 9.61. The normalized spacial score (nSPS) is 43.0. The van der Waals surface area contributed by atoms with Crippen molar-refractivity contribution in [1.82, 2.24) is 0 Å². The molecule has 5 rings (SSSR count). The highest BCUT2D eigenvalue weighted by Crippen LogP contribution is 2.66. The molecular weight excluding hydrogens is 332 g/mol. The molecule has 0 aromatic heterocycles. The van der Waals surface area contributed by atoms with E-state index in [9.17, 15) is 9.59 Å². The predicted molar refractivity (Wildman–Crippen MR) is 106 cm³/mol. The van der Waals surface area contributed by atoms with Crippen LogP contribution in [-0.4, -0.2) is 11.6 Å². The van der Waals surface area contributed by atoms with Crippen molar-refractivity contribution in [2.45, 2.75) is 51.9 Å². The molecule has 1 aromatic rings. The van der Waals surface area contributed by atoms with Crippen LogP contribution < -0.4 is 0 Å². The van der Waals surface area contributed by atoms with Crippen LogP contribution >= 0.6 is 0 Å². The molecule has 0 bridgehead atoms. The standard InChI is InChI=1S/C25H28O2/c1-24-12-10-17(26)14-22(24)18(16-6-4-3-5-7-16)15-19-20-8-9-23(27)25(20,2)13-11-21(19)24/h3-7,10,12,14,18-21H,8-9,11,13,15H2,1-2H3/t18-,19+,20+,21+,24-,25+/m1/s1. The maximum absolute atomic E-state index is 12.7. The van der Waals surface area contributed by atoms with Gasteiger partial charge in [-0.3, -0.25) is 9.59 Å². The Morgan fingerprint density at radius 2 is 1.78 bits per heavy atom. The Bertz CT molecular complexity index is 864. The summed E-state index contributed by atoms with van der Waals surface area (Å²) in [4.78, 5) is 25.0. The topological polar surface area (TPSA) is 34.1 Å². The minimum absolute atomic E-state index is 0.0652. The fourth-order valence-corrected chi connectivity index (χ4v) is 7.05. The SMILES string of the molecule is C[C@]12C=CC(=O)C=C1[C@@H](c1ccccc1)C[C@@H]1[C@@H]2CC[C@]2(C)C(=O)CC[C@@H]12. The van der Waals surface area contributed by atoms with Crippen LogP contribution in [-0.2, 0) is 9.59 Å². The Morgan fingerprint density at radius 1 is 1.00 bits per heavy atom. The zero-order valence-electron chi connectivity index (χ0n) is 16.3. The number of carbonyl (C=O) groups is 2.